The summed E-state index contributed by atoms with van der Waals surface area (Å²) in [5.41, 5.74) is -2.50. The van der Waals surface area contributed by atoms with E-state index < -0.39 is 23.3 Å². The van der Waals surface area contributed by atoms with Gasteiger partial charge in [0.05, 0.1) is 5.60 Å². The first-order valence-corrected chi connectivity index (χ1v) is 4.60. The molecule has 0 aromatic rings. The van der Waals surface area contributed by atoms with Gasteiger partial charge in [0.25, 0.3) is 0 Å². The molecule has 0 spiro atoms. The zero-order chi connectivity index (χ0) is 13.1. The van der Waals surface area contributed by atoms with E-state index in [1.807, 2.05) is 0 Å². The molecular weight excluding hydrogens is 218 g/mol. The topological polar surface area (TPSA) is 96.3 Å². The van der Waals surface area contributed by atoms with Crippen molar-refractivity contribution in [2.45, 2.75) is 45.8 Å². The van der Waals surface area contributed by atoms with E-state index in [9.17, 15) is 9.59 Å². The fourth-order valence-corrected chi connectivity index (χ4v) is 0.592. The van der Waals surface area contributed by atoms with Gasteiger partial charge in [-0.3, -0.25) is 0 Å². The number of nitrogens with zero attached hydrogens (tertiary/aromatic N) is 1. The smallest absolute Gasteiger partial charge is 0.457 e. The number of amides is 1. The van der Waals surface area contributed by atoms with Gasteiger partial charge in [0.2, 0.25) is 0 Å². The molecule has 0 saturated carbocycles. The molecule has 0 unspecified atom stereocenters. The van der Waals surface area contributed by atoms with Crippen LogP contribution in [0.3, 0.4) is 0 Å². The van der Waals surface area contributed by atoms with Gasteiger partial charge in [-0.15, -0.1) is 0 Å². The molecule has 0 bridgehead atoms. The second-order valence-electron chi connectivity index (χ2n) is 4.65. The number of carboxylic acids is 1. The fourth-order valence-electron chi connectivity index (χ4n) is 0.592. The second-order valence-corrected chi connectivity index (χ2v) is 4.65. The Balaban J connectivity index is 4.71. The Labute approximate surface area is 93.5 Å². The van der Waals surface area contributed by atoms with E-state index in [1.54, 1.807) is 20.8 Å². The van der Waals surface area contributed by atoms with E-state index in [0.717, 1.165) is 0 Å². The summed E-state index contributed by atoms with van der Waals surface area (Å²) in [5, 5.41) is 17.7. The Kier molecular flexibility index (Phi) is 4.28. The van der Waals surface area contributed by atoms with Crippen molar-refractivity contribution in [1.82, 2.24) is 5.23 Å². The van der Waals surface area contributed by atoms with Crippen LogP contribution in [-0.2, 0) is 14.5 Å². The highest BCUT2D eigenvalue weighted by Crippen LogP contribution is 2.17. The lowest BCUT2D eigenvalue weighted by molar-refractivity contribution is -0.396. The molecule has 0 atom stereocenters. The van der Waals surface area contributed by atoms with E-state index in [0.29, 0.717) is 0 Å². The van der Waals surface area contributed by atoms with Gasteiger partial charge in [0.1, 0.15) is 0 Å². The van der Waals surface area contributed by atoms with Gasteiger partial charge in [-0.25, -0.2) is 19.3 Å². The minimum absolute atomic E-state index is 0.161. The van der Waals surface area contributed by atoms with E-state index in [-0.39, 0.29) is 5.23 Å². The van der Waals surface area contributed by atoms with E-state index in [2.05, 4.69) is 0 Å². The summed E-state index contributed by atoms with van der Waals surface area (Å²) in [6, 6.07) is 0. The first-order chi connectivity index (χ1) is 6.96. The van der Waals surface area contributed by atoms with Crippen LogP contribution in [0.2, 0.25) is 0 Å². The van der Waals surface area contributed by atoms with Crippen LogP contribution >= 0.6 is 0 Å². The Morgan fingerprint density at radius 1 is 1.00 bits per heavy atom. The minimum Gasteiger partial charge on any atom is -0.479 e. The maximum atomic E-state index is 10.8. The highest BCUT2D eigenvalue weighted by atomic mass is 17.0. The van der Waals surface area contributed by atoms with Crippen molar-refractivity contribution < 1.29 is 29.5 Å². The van der Waals surface area contributed by atoms with Crippen LogP contribution in [0.4, 0.5) is 4.79 Å². The fraction of sp³-hybridized carbons (Fsp3) is 0.778. The lowest BCUT2D eigenvalue weighted by atomic mass is 10.1. The molecule has 7 nitrogen and oxygen atoms in total. The lowest BCUT2D eigenvalue weighted by Crippen LogP contribution is -2.46. The summed E-state index contributed by atoms with van der Waals surface area (Å²) in [6.07, 6.45) is -1.52. The van der Waals surface area contributed by atoms with Gasteiger partial charge in [-0.2, -0.15) is 0 Å². The minimum atomic E-state index is -1.69. The second kappa shape index (κ2) is 4.67. The summed E-state index contributed by atoms with van der Waals surface area (Å²) in [5.74, 6) is -1.30. The van der Waals surface area contributed by atoms with Gasteiger partial charge in [-0.05, 0) is 39.8 Å². The monoisotopic (exact) mass is 235 g/mol. The molecule has 0 fully saturated rings. The summed E-state index contributed by atoms with van der Waals surface area (Å²) in [6.45, 7) is 7.27. The molecule has 0 aliphatic heterocycles. The van der Waals surface area contributed by atoms with Crippen LogP contribution < -0.4 is 0 Å². The summed E-state index contributed by atoms with van der Waals surface area (Å²) in [7, 11) is 0. The van der Waals surface area contributed by atoms with Crippen molar-refractivity contribution in [3.8, 4) is 0 Å². The average Bonchev–Trinajstić information content (AvgIpc) is 1.99. The normalized spacial score (nSPS) is 12.3. The SMILES string of the molecule is CC(C)(C)ON(OC(C)(C)C(=O)O)C(=O)O. The number of carbonyl (C=O) groups is 2. The predicted octanol–water partition coefficient (Wildman–Crippen LogP) is 1.49. The van der Waals surface area contributed by atoms with Crippen molar-refractivity contribution >= 4 is 12.1 Å². The van der Waals surface area contributed by atoms with Crippen LogP contribution in [-0.4, -0.2) is 38.7 Å². The number of hydrogen-bond acceptors (Lipinski definition) is 4. The molecule has 0 aromatic heterocycles. The van der Waals surface area contributed by atoms with Gasteiger partial charge >= 0.3 is 12.1 Å². The molecule has 94 valence electrons. The van der Waals surface area contributed by atoms with Crippen LogP contribution in [0, 0.1) is 0 Å². The molecule has 0 rings (SSSR count). The number of carboxylic acid groups (broad SMARTS) is 2. The van der Waals surface area contributed by atoms with Crippen molar-refractivity contribution in [3.05, 3.63) is 0 Å². The largest absolute Gasteiger partial charge is 0.479 e. The van der Waals surface area contributed by atoms with Gasteiger partial charge in [0, 0.05) is 0 Å². The molecule has 0 aliphatic rings. The number of aliphatic carboxylic acids is 1. The van der Waals surface area contributed by atoms with E-state index in [1.165, 1.54) is 13.8 Å². The first-order valence-electron chi connectivity index (χ1n) is 4.60. The van der Waals surface area contributed by atoms with E-state index >= 15 is 0 Å². The Morgan fingerprint density at radius 2 is 1.44 bits per heavy atom. The molecule has 0 saturated heterocycles. The summed E-state index contributed by atoms with van der Waals surface area (Å²) < 4.78 is 0. The Hall–Kier alpha value is -1.34. The molecule has 16 heavy (non-hydrogen) atoms. The average molecular weight is 235 g/mol. The molecule has 0 radical (unpaired) electrons. The Bertz CT molecular complexity index is 280. The predicted molar refractivity (Wildman–Crippen MR) is 53.5 cm³/mol. The van der Waals surface area contributed by atoms with E-state index in [4.69, 9.17) is 19.9 Å². The molecule has 0 aliphatic carbocycles. The third kappa shape index (κ3) is 4.94. The summed E-state index contributed by atoms with van der Waals surface area (Å²) >= 11 is 0. The number of hydroxylamine groups is 2. The molecular formula is C9H17NO6. The molecule has 0 aromatic carbocycles. The molecule has 1 amide bonds. The zero-order valence-electron chi connectivity index (χ0n) is 9.97. The van der Waals surface area contributed by atoms with Crippen molar-refractivity contribution in [2.24, 2.45) is 0 Å². The third-order valence-corrected chi connectivity index (χ3v) is 1.34. The Morgan fingerprint density at radius 3 is 1.69 bits per heavy atom. The van der Waals surface area contributed by atoms with Gasteiger partial charge < -0.3 is 10.2 Å². The summed E-state index contributed by atoms with van der Waals surface area (Å²) in [4.78, 5) is 31.2. The highest BCUT2D eigenvalue weighted by Gasteiger charge is 2.36. The van der Waals surface area contributed by atoms with Gasteiger partial charge in [-0.1, -0.05) is 0 Å². The van der Waals surface area contributed by atoms with Crippen LogP contribution in [0.15, 0.2) is 0 Å². The first kappa shape index (κ1) is 14.7. The zero-order valence-corrected chi connectivity index (χ0v) is 9.97. The maximum absolute atomic E-state index is 10.8. The van der Waals surface area contributed by atoms with Gasteiger partial charge in [0.15, 0.2) is 5.60 Å². The number of rotatable bonds is 4. The van der Waals surface area contributed by atoms with Crippen LogP contribution in [0.5, 0.6) is 0 Å². The molecule has 0 heterocycles. The molecule has 2 N–H and O–H groups in total. The third-order valence-electron chi connectivity index (χ3n) is 1.34. The quantitative estimate of drug-likeness (QED) is 0.716. The van der Waals surface area contributed by atoms with Crippen molar-refractivity contribution in [2.75, 3.05) is 0 Å². The van der Waals surface area contributed by atoms with Crippen molar-refractivity contribution in [1.29, 1.82) is 0 Å². The standard InChI is InChI=1S/C9H17NO6/c1-8(2,3)15-10(7(13)14)16-9(4,5)6(11)12/h1-5H3,(H,11,12)(H,13,14). The molecule has 7 heteroatoms. The lowest BCUT2D eigenvalue weighted by Gasteiger charge is -2.30. The highest BCUT2D eigenvalue weighted by molar-refractivity contribution is 5.76. The van der Waals surface area contributed by atoms with Crippen LogP contribution in [0.25, 0.3) is 0 Å². The van der Waals surface area contributed by atoms with Crippen LogP contribution in [0.1, 0.15) is 34.6 Å². The number of hydrogen-bond donors (Lipinski definition) is 2. The maximum Gasteiger partial charge on any atom is 0.457 e. The van der Waals surface area contributed by atoms with Crippen molar-refractivity contribution in [3.63, 3.8) is 0 Å².